The highest BCUT2D eigenvalue weighted by atomic mass is 32.2. The van der Waals surface area contributed by atoms with E-state index in [1.165, 1.54) is 40.6 Å². The Morgan fingerprint density at radius 3 is 2.36 bits per heavy atom. The van der Waals surface area contributed by atoms with Gasteiger partial charge < -0.3 is 4.74 Å². The Morgan fingerprint density at radius 2 is 1.69 bits per heavy atom. The summed E-state index contributed by atoms with van der Waals surface area (Å²) in [4.78, 5) is 16.5. The lowest BCUT2D eigenvalue weighted by Gasteiger charge is -2.52. The van der Waals surface area contributed by atoms with Crippen LogP contribution in [0.25, 0.3) is 38.1 Å². The highest BCUT2D eigenvalue weighted by molar-refractivity contribution is 7.90. The minimum atomic E-state index is -4.17. The summed E-state index contributed by atoms with van der Waals surface area (Å²) in [6, 6.07) is 20.6. The molecule has 3 aliphatic carbocycles. The van der Waals surface area contributed by atoms with E-state index in [-0.39, 0.29) is 16.3 Å². The van der Waals surface area contributed by atoms with Gasteiger partial charge in [0.25, 0.3) is 10.0 Å². The summed E-state index contributed by atoms with van der Waals surface area (Å²) in [6.07, 6.45) is 4.75. The second-order valence-electron chi connectivity index (χ2n) is 12.4. The molecule has 0 spiro atoms. The van der Waals surface area contributed by atoms with Gasteiger partial charge in [-0.15, -0.1) is 0 Å². The second-order valence-corrected chi connectivity index (χ2v) is 15.0. The van der Waals surface area contributed by atoms with Crippen molar-refractivity contribution in [3.63, 3.8) is 0 Å². The van der Waals surface area contributed by atoms with E-state index in [0.29, 0.717) is 38.3 Å². The van der Waals surface area contributed by atoms with E-state index in [1.54, 1.807) is 35.7 Å². The number of nitrogens with zero attached hydrogens (tertiary/aromatic N) is 2. The van der Waals surface area contributed by atoms with Crippen molar-refractivity contribution < 1.29 is 22.3 Å². The molecule has 0 saturated heterocycles. The highest BCUT2D eigenvalue weighted by Gasteiger charge is 2.53. The number of hydrogen-bond donors (Lipinski definition) is 0. The number of thiophene rings is 1. The summed E-state index contributed by atoms with van der Waals surface area (Å²) < 4.78 is 50.6. The van der Waals surface area contributed by atoms with E-state index in [1.807, 2.05) is 19.1 Å². The molecule has 2 heterocycles. The van der Waals surface area contributed by atoms with Crippen LogP contribution in [0, 0.1) is 24.7 Å². The summed E-state index contributed by atoms with van der Waals surface area (Å²) in [5.74, 6) is -0.621. The molecule has 6 nitrogen and oxygen atoms in total. The molecule has 45 heavy (non-hydrogen) atoms. The molecule has 0 atom stereocenters. The van der Waals surface area contributed by atoms with Gasteiger partial charge in [0.15, 0.2) is 0 Å². The van der Waals surface area contributed by atoms with Crippen LogP contribution in [0.1, 0.15) is 49.7 Å². The lowest BCUT2D eigenvalue weighted by atomic mass is 9.52. The third kappa shape index (κ3) is 4.53. The van der Waals surface area contributed by atoms with Crippen LogP contribution < -0.4 is 0 Å². The van der Waals surface area contributed by atoms with Crippen molar-refractivity contribution in [2.45, 2.75) is 55.8 Å². The van der Waals surface area contributed by atoms with E-state index in [0.717, 1.165) is 49.7 Å². The van der Waals surface area contributed by atoms with Crippen LogP contribution in [0.5, 0.6) is 0 Å². The summed E-state index contributed by atoms with van der Waals surface area (Å²) in [5.41, 5.74) is 3.94. The third-order valence-corrected chi connectivity index (χ3v) is 12.6. The average Bonchev–Trinajstić information content (AvgIpc) is 3.67. The van der Waals surface area contributed by atoms with E-state index >= 15 is 0 Å². The first kappa shape index (κ1) is 29.5. The number of halogens is 1. The number of ether oxygens (including phenoxy) is 1. The molecule has 3 fully saturated rings. The van der Waals surface area contributed by atoms with Crippen molar-refractivity contribution in [3.8, 4) is 22.4 Å². The van der Waals surface area contributed by atoms with E-state index < -0.39 is 21.3 Å². The van der Waals surface area contributed by atoms with E-state index in [4.69, 9.17) is 11.3 Å². The number of aromatic nitrogens is 1. The standard InChI is InChI=1S/C36H31FN2O4S2/c1-23-7-10-27(11-8-23)45(41,42)39-30-12-9-26(37)22-29(30)31(28-13-20-44-33(28)38-2)32(39)24-5-4-6-25(21-24)35-14-17-36(18-15-35,19-16-35)34(40)43-3/h4-13,20-22H,14-19H2,1,3H3. The van der Waals surface area contributed by atoms with Gasteiger partial charge in [-0.3, -0.25) is 4.79 Å². The predicted octanol–water partition coefficient (Wildman–Crippen LogP) is 9.04. The molecule has 3 aromatic carbocycles. The Kier molecular flexibility index (Phi) is 6.99. The lowest BCUT2D eigenvalue weighted by Crippen LogP contribution is -2.48. The maximum absolute atomic E-state index is 14.9. The maximum atomic E-state index is 14.9. The maximum Gasteiger partial charge on any atom is 0.311 e. The van der Waals surface area contributed by atoms with E-state index in [9.17, 15) is 17.6 Å². The first-order valence-corrected chi connectivity index (χ1v) is 17.3. The summed E-state index contributed by atoms with van der Waals surface area (Å²) in [5, 5.41) is 2.63. The fourth-order valence-electron chi connectivity index (χ4n) is 7.55. The number of hydrogen-bond acceptors (Lipinski definition) is 5. The van der Waals surface area contributed by atoms with Crippen molar-refractivity contribution >= 4 is 43.2 Å². The quantitative estimate of drug-likeness (QED) is 0.137. The van der Waals surface area contributed by atoms with Crippen LogP contribution in [-0.4, -0.2) is 25.5 Å². The lowest BCUT2D eigenvalue weighted by molar-refractivity contribution is -0.160. The molecule has 228 valence electrons. The van der Waals surface area contributed by atoms with Gasteiger partial charge in [-0.05, 0) is 98.2 Å². The van der Waals surface area contributed by atoms with Gasteiger partial charge in [0.2, 0.25) is 5.00 Å². The molecule has 5 aromatic rings. The van der Waals surface area contributed by atoms with Gasteiger partial charge in [0.1, 0.15) is 5.82 Å². The number of benzene rings is 3. The van der Waals surface area contributed by atoms with Crippen molar-refractivity contribution in [1.82, 2.24) is 3.97 Å². The fraction of sp³-hybridized carbons (Fsp3) is 0.278. The van der Waals surface area contributed by atoms with Gasteiger partial charge in [-0.2, -0.15) is 11.3 Å². The average molecular weight is 639 g/mol. The van der Waals surface area contributed by atoms with Crippen LogP contribution >= 0.6 is 11.3 Å². The topological polar surface area (TPSA) is 69.7 Å². The molecule has 0 radical (unpaired) electrons. The normalized spacial score (nSPS) is 21.1. The molecule has 8 rings (SSSR count). The molecule has 0 amide bonds. The number of methoxy groups -OCH3 is 1. The smallest absolute Gasteiger partial charge is 0.311 e. The molecule has 0 unspecified atom stereocenters. The summed E-state index contributed by atoms with van der Waals surface area (Å²) in [7, 11) is -2.71. The fourth-order valence-corrected chi connectivity index (χ4v) is 9.78. The SMILES string of the molecule is [C-]#[N+]c1sccc1-c1c(-c2cccc(C34CCC(C(=O)OC)(CC3)CC4)c2)n(S(=O)(=O)c2ccc(C)cc2)c2ccc(F)cc12. The first-order chi connectivity index (χ1) is 21.6. The van der Waals surface area contributed by atoms with Crippen LogP contribution in [0.15, 0.2) is 83.1 Å². The van der Waals surface area contributed by atoms with Crippen molar-refractivity contribution in [1.29, 1.82) is 0 Å². The number of aryl methyl sites for hydroxylation is 1. The second kappa shape index (κ2) is 10.7. The summed E-state index contributed by atoms with van der Waals surface area (Å²) in [6.45, 7) is 9.74. The molecule has 2 bridgehead atoms. The van der Waals surface area contributed by atoms with Crippen LogP contribution in [-0.2, 0) is 25.0 Å². The zero-order chi connectivity index (χ0) is 31.6. The number of fused-ring (bicyclic) bond motifs is 4. The Balaban J connectivity index is 1.49. The Bertz CT molecular complexity index is 2110. The van der Waals surface area contributed by atoms with Crippen LogP contribution in [0.4, 0.5) is 9.39 Å². The molecule has 3 saturated carbocycles. The first-order valence-electron chi connectivity index (χ1n) is 14.9. The van der Waals surface area contributed by atoms with Crippen LogP contribution in [0.3, 0.4) is 0 Å². The van der Waals surface area contributed by atoms with Gasteiger partial charge in [-0.25, -0.2) is 21.6 Å². The number of carbonyl (C=O) groups is 1. The molecule has 0 aliphatic heterocycles. The van der Waals surface area contributed by atoms with Gasteiger partial charge in [0.05, 0.1) is 35.2 Å². The molecular formula is C36H31FN2O4S2. The van der Waals surface area contributed by atoms with Crippen molar-refractivity contribution in [2.75, 3.05) is 7.11 Å². The van der Waals surface area contributed by atoms with Crippen molar-refractivity contribution in [2.24, 2.45) is 5.41 Å². The van der Waals surface area contributed by atoms with E-state index in [2.05, 4.69) is 17.0 Å². The number of rotatable bonds is 6. The number of carbonyl (C=O) groups excluding carboxylic acids is 1. The minimum absolute atomic E-state index is 0.117. The zero-order valence-corrected chi connectivity index (χ0v) is 26.6. The Morgan fingerprint density at radius 1 is 0.978 bits per heavy atom. The minimum Gasteiger partial charge on any atom is -0.469 e. The highest BCUT2D eigenvalue weighted by Crippen LogP contribution is 2.58. The van der Waals surface area contributed by atoms with Gasteiger partial charge >= 0.3 is 5.97 Å². The Hall–Kier alpha value is -4.26. The molecule has 9 heteroatoms. The molecule has 3 aliphatic rings. The molecule has 2 aromatic heterocycles. The monoisotopic (exact) mass is 638 g/mol. The third-order valence-electron chi connectivity index (χ3n) is 10.1. The number of esters is 1. The van der Waals surface area contributed by atoms with Crippen molar-refractivity contribution in [3.05, 3.63) is 107 Å². The predicted molar refractivity (Wildman–Crippen MR) is 174 cm³/mol. The van der Waals surface area contributed by atoms with Gasteiger partial charge in [-0.1, -0.05) is 42.0 Å². The largest absolute Gasteiger partial charge is 0.469 e. The molecule has 0 N–H and O–H groups in total. The molecular weight excluding hydrogens is 608 g/mol. The van der Waals surface area contributed by atoms with Crippen LogP contribution in [0.2, 0.25) is 0 Å². The zero-order valence-electron chi connectivity index (χ0n) is 25.0. The Labute approximate surface area is 266 Å². The van der Waals surface area contributed by atoms with Gasteiger partial charge in [0, 0.05) is 22.1 Å². The summed E-state index contributed by atoms with van der Waals surface area (Å²) >= 11 is 1.27.